The second kappa shape index (κ2) is 12.2. The van der Waals surface area contributed by atoms with Crippen LogP contribution in [0.5, 0.6) is 5.75 Å². The lowest BCUT2D eigenvalue weighted by Crippen LogP contribution is -2.29. The van der Waals surface area contributed by atoms with E-state index >= 15 is 0 Å². The summed E-state index contributed by atoms with van der Waals surface area (Å²) in [7, 11) is -2.88. The highest BCUT2D eigenvalue weighted by Gasteiger charge is 2.30. The molecule has 0 aliphatic heterocycles. The standard InChI is InChI=1S/C28H26ClF2N3O5S2/c1-28(2,19-6-11-22(29)24(13-19)39-3)25-14-32-27(34(25)21-9-7-20(30)8-10-21)40-15-18-5-4-17(12-23(18)31)26(35)33-16-41(36,37)38/h4-14H,15-16H2,1-3H3,(H,33,35)(H,36,37,38). The Morgan fingerprint density at radius 1 is 1.12 bits per heavy atom. The molecule has 41 heavy (non-hydrogen) atoms. The summed E-state index contributed by atoms with van der Waals surface area (Å²) in [5.74, 6) is -2.24. The molecule has 0 radical (unpaired) electrons. The van der Waals surface area contributed by atoms with Gasteiger partial charge in [-0.05, 0) is 59.7 Å². The molecule has 3 aromatic carbocycles. The van der Waals surface area contributed by atoms with Crippen molar-refractivity contribution >= 4 is 39.4 Å². The quantitative estimate of drug-likeness (QED) is 0.165. The Balaban J connectivity index is 1.66. The number of rotatable bonds is 10. The maximum atomic E-state index is 14.9. The van der Waals surface area contributed by atoms with Gasteiger partial charge in [0.05, 0.1) is 24.0 Å². The van der Waals surface area contributed by atoms with E-state index in [0.717, 1.165) is 17.3 Å². The van der Waals surface area contributed by atoms with E-state index in [1.807, 2.05) is 35.9 Å². The molecule has 0 spiro atoms. The number of methoxy groups -OCH3 is 1. The third-order valence-electron chi connectivity index (χ3n) is 6.41. The van der Waals surface area contributed by atoms with E-state index in [1.165, 1.54) is 43.1 Å². The SMILES string of the molecule is COc1cc(C(C)(C)c2cnc(SCc3ccc(C(=O)NCS(=O)(=O)O)cc3F)n2-c2ccc(F)cc2)ccc1Cl. The normalized spacial score (nSPS) is 11.9. The highest BCUT2D eigenvalue weighted by Crippen LogP contribution is 2.39. The van der Waals surface area contributed by atoms with E-state index in [1.54, 1.807) is 24.4 Å². The number of hydrogen-bond donors (Lipinski definition) is 2. The zero-order chi connectivity index (χ0) is 29.9. The van der Waals surface area contributed by atoms with E-state index < -0.39 is 39.0 Å². The van der Waals surface area contributed by atoms with Gasteiger partial charge >= 0.3 is 0 Å². The summed E-state index contributed by atoms with van der Waals surface area (Å²) in [5.41, 5.74) is 1.89. The zero-order valence-electron chi connectivity index (χ0n) is 22.2. The Kier molecular flexibility index (Phi) is 9.07. The van der Waals surface area contributed by atoms with Crippen LogP contribution in [0.25, 0.3) is 5.69 Å². The monoisotopic (exact) mass is 621 g/mol. The molecule has 4 rings (SSSR count). The highest BCUT2D eigenvalue weighted by atomic mass is 35.5. The van der Waals surface area contributed by atoms with Gasteiger partial charge < -0.3 is 10.1 Å². The first-order valence-corrected chi connectivity index (χ1v) is 15.1. The van der Waals surface area contributed by atoms with Crippen LogP contribution < -0.4 is 10.1 Å². The largest absolute Gasteiger partial charge is 0.495 e. The fraction of sp³-hybridized carbons (Fsp3) is 0.214. The minimum atomic E-state index is -4.42. The number of nitrogens with zero attached hydrogens (tertiary/aromatic N) is 2. The number of amides is 1. The van der Waals surface area contributed by atoms with Gasteiger partial charge in [0, 0.05) is 22.4 Å². The minimum Gasteiger partial charge on any atom is -0.495 e. The second-order valence-corrected chi connectivity index (χ2v) is 12.3. The van der Waals surface area contributed by atoms with Crippen molar-refractivity contribution in [3.8, 4) is 11.4 Å². The van der Waals surface area contributed by atoms with Gasteiger partial charge in [0.2, 0.25) is 0 Å². The van der Waals surface area contributed by atoms with Crippen LogP contribution in [0.3, 0.4) is 0 Å². The summed E-state index contributed by atoms with van der Waals surface area (Å²) < 4.78 is 66.5. The average molecular weight is 622 g/mol. The van der Waals surface area contributed by atoms with Crippen LogP contribution >= 0.6 is 23.4 Å². The summed E-state index contributed by atoms with van der Waals surface area (Å²) in [5, 5.41) is 3.00. The predicted molar refractivity (Wildman–Crippen MR) is 153 cm³/mol. The number of nitrogens with one attached hydrogen (secondary N) is 1. The van der Waals surface area contributed by atoms with Crippen molar-refractivity contribution < 1.29 is 31.3 Å². The van der Waals surface area contributed by atoms with Crippen molar-refractivity contribution in [3.05, 3.63) is 106 Å². The first kappa shape index (κ1) is 30.5. The molecule has 4 aromatic rings. The van der Waals surface area contributed by atoms with Crippen molar-refractivity contribution in [2.75, 3.05) is 13.0 Å². The fourth-order valence-electron chi connectivity index (χ4n) is 4.12. The summed E-state index contributed by atoms with van der Waals surface area (Å²) in [4.78, 5) is 16.7. The summed E-state index contributed by atoms with van der Waals surface area (Å²) >= 11 is 7.49. The molecule has 0 aliphatic rings. The molecule has 0 atom stereocenters. The summed E-state index contributed by atoms with van der Waals surface area (Å²) in [6, 6.07) is 15.2. The lowest BCUT2D eigenvalue weighted by atomic mass is 9.81. The average Bonchev–Trinajstić information content (AvgIpc) is 3.36. The first-order valence-electron chi connectivity index (χ1n) is 12.1. The molecular formula is C28H26ClF2N3O5S2. The van der Waals surface area contributed by atoms with Gasteiger partial charge in [-0.3, -0.25) is 13.9 Å². The molecule has 0 unspecified atom stereocenters. The van der Waals surface area contributed by atoms with Gasteiger partial charge in [0.15, 0.2) is 5.16 Å². The van der Waals surface area contributed by atoms with Crippen molar-refractivity contribution in [3.63, 3.8) is 0 Å². The zero-order valence-corrected chi connectivity index (χ0v) is 24.6. The van der Waals surface area contributed by atoms with Crippen LogP contribution in [-0.4, -0.2) is 41.4 Å². The molecule has 0 saturated carbocycles. The fourth-order valence-corrected chi connectivity index (χ4v) is 5.61. The minimum absolute atomic E-state index is 0.102. The number of benzene rings is 3. The van der Waals surface area contributed by atoms with Crippen molar-refractivity contribution in [1.29, 1.82) is 0 Å². The Morgan fingerprint density at radius 2 is 1.83 bits per heavy atom. The van der Waals surface area contributed by atoms with E-state index in [4.69, 9.17) is 20.9 Å². The van der Waals surface area contributed by atoms with Gasteiger partial charge in [-0.25, -0.2) is 13.8 Å². The number of carbonyl (C=O) groups excluding carboxylic acids is 1. The van der Waals surface area contributed by atoms with E-state index in [-0.39, 0.29) is 16.9 Å². The summed E-state index contributed by atoms with van der Waals surface area (Å²) in [6.07, 6.45) is 1.71. The van der Waals surface area contributed by atoms with Gasteiger partial charge in [0.1, 0.15) is 23.3 Å². The van der Waals surface area contributed by atoms with Crippen LogP contribution in [0.4, 0.5) is 8.78 Å². The van der Waals surface area contributed by atoms with Crippen LogP contribution in [0.2, 0.25) is 5.02 Å². The van der Waals surface area contributed by atoms with Crippen LogP contribution in [0.1, 0.15) is 41.0 Å². The molecule has 13 heteroatoms. The maximum absolute atomic E-state index is 14.9. The van der Waals surface area contributed by atoms with Crippen molar-refractivity contribution in [2.45, 2.75) is 30.2 Å². The number of carbonyl (C=O) groups is 1. The highest BCUT2D eigenvalue weighted by molar-refractivity contribution is 7.98. The second-order valence-electron chi connectivity index (χ2n) is 9.54. The van der Waals surface area contributed by atoms with Crippen LogP contribution in [-0.2, 0) is 21.3 Å². The maximum Gasteiger partial charge on any atom is 0.283 e. The molecule has 1 amide bonds. The molecule has 1 aromatic heterocycles. The molecular weight excluding hydrogens is 596 g/mol. The van der Waals surface area contributed by atoms with Gasteiger partial charge in [-0.15, -0.1) is 0 Å². The number of aromatic nitrogens is 2. The Hall–Kier alpha value is -3.45. The lowest BCUT2D eigenvalue weighted by Gasteiger charge is -2.28. The predicted octanol–water partition coefficient (Wildman–Crippen LogP) is 6.01. The molecule has 0 saturated heterocycles. The Morgan fingerprint density at radius 3 is 2.46 bits per heavy atom. The lowest BCUT2D eigenvalue weighted by molar-refractivity contribution is 0.0958. The van der Waals surface area contributed by atoms with E-state index in [9.17, 15) is 22.0 Å². The third kappa shape index (κ3) is 7.07. The molecule has 0 fully saturated rings. The Bertz CT molecular complexity index is 1690. The van der Waals surface area contributed by atoms with Crippen molar-refractivity contribution in [1.82, 2.24) is 14.9 Å². The van der Waals surface area contributed by atoms with E-state index in [0.29, 0.717) is 21.6 Å². The Labute approximate surface area is 245 Å². The number of hydrogen-bond acceptors (Lipinski definition) is 6. The number of ether oxygens (including phenoxy) is 1. The van der Waals surface area contributed by atoms with Gasteiger partial charge in [-0.2, -0.15) is 8.42 Å². The molecule has 0 bridgehead atoms. The molecule has 216 valence electrons. The number of imidazole rings is 1. The van der Waals surface area contributed by atoms with E-state index in [2.05, 4.69) is 4.98 Å². The molecule has 0 aliphatic carbocycles. The molecule has 2 N–H and O–H groups in total. The van der Waals surface area contributed by atoms with Gasteiger partial charge in [-0.1, -0.05) is 49.3 Å². The van der Waals surface area contributed by atoms with Gasteiger partial charge in [0.25, 0.3) is 16.0 Å². The first-order chi connectivity index (χ1) is 19.3. The van der Waals surface area contributed by atoms with Crippen LogP contribution in [0.15, 0.2) is 72.0 Å². The third-order valence-corrected chi connectivity index (χ3v) is 8.24. The number of halogens is 3. The summed E-state index contributed by atoms with van der Waals surface area (Å²) in [6.45, 7) is 4.01. The van der Waals surface area contributed by atoms with Crippen LogP contribution in [0, 0.1) is 11.6 Å². The molecule has 1 heterocycles. The van der Waals surface area contributed by atoms with Crippen molar-refractivity contribution in [2.24, 2.45) is 0 Å². The topological polar surface area (TPSA) is 111 Å². The smallest absolute Gasteiger partial charge is 0.283 e. The molecule has 8 nitrogen and oxygen atoms in total. The number of thioether (sulfide) groups is 1.